The fourth-order valence-electron chi connectivity index (χ4n) is 1.39. The largest absolute Gasteiger partial charge is 0.465 e. The van der Waals surface area contributed by atoms with E-state index in [1.165, 1.54) is 0 Å². The molecule has 0 aromatic heterocycles. The van der Waals surface area contributed by atoms with Crippen LogP contribution in [0.4, 0.5) is 14.5 Å². The van der Waals surface area contributed by atoms with Crippen LogP contribution >= 0.6 is 0 Å². The molecule has 0 aliphatic carbocycles. The van der Waals surface area contributed by atoms with Crippen LogP contribution in [0.15, 0.2) is 17.0 Å². The molecule has 0 aliphatic heterocycles. The molecule has 0 spiro atoms. The van der Waals surface area contributed by atoms with E-state index in [2.05, 4.69) is 4.74 Å². The summed E-state index contributed by atoms with van der Waals surface area (Å²) in [4.78, 5) is 10.4. The van der Waals surface area contributed by atoms with E-state index in [0.717, 1.165) is 19.2 Å². The fraction of sp³-hybridized carbons (Fsp3) is 0.364. The van der Waals surface area contributed by atoms with Gasteiger partial charge in [-0.25, -0.2) is 17.2 Å². The highest BCUT2D eigenvalue weighted by atomic mass is 32.2. The molecule has 20 heavy (non-hydrogen) atoms. The van der Waals surface area contributed by atoms with Crippen molar-refractivity contribution in [1.82, 2.24) is 4.31 Å². The zero-order valence-electron chi connectivity index (χ0n) is 10.9. The molecule has 1 aromatic rings. The monoisotopic (exact) mass is 308 g/mol. The van der Waals surface area contributed by atoms with Gasteiger partial charge in [0.05, 0.1) is 6.61 Å². The molecule has 0 saturated heterocycles. The highest BCUT2D eigenvalue weighted by molar-refractivity contribution is 7.89. The van der Waals surface area contributed by atoms with Crippen LogP contribution < -0.4 is 5.73 Å². The van der Waals surface area contributed by atoms with Crippen LogP contribution in [0, 0.1) is 11.6 Å². The summed E-state index contributed by atoms with van der Waals surface area (Å²) in [6.07, 6.45) is 0. The first-order chi connectivity index (χ1) is 9.21. The number of nitrogens with zero attached hydrogens (tertiary/aromatic N) is 1. The third-order valence-electron chi connectivity index (χ3n) is 2.44. The van der Waals surface area contributed by atoms with Crippen molar-refractivity contribution in [2.45, 2.75) is 11.8 Å². The third-order valence-corrected chi connectivity index (χ3v) is 4.26. The van der Waals surface area contributed by atoms with Gasteiger partial charge >= 0.3 is 5.97 Å². The van der Waals surface area contributed by atoms with Crippen LogP contribution in [0.1, 0.15) is 6.92 Å². The SMILES string of the molecule is CCOC(=O)CN(C)S(=O)(=O)c1ccc(F)c(N)c1F. The number of hydrogen-bond donors (Lipinski definition) is 1. The topological polar surface area (TPSA) is 89.7 Å². The lowest BCUT2D eigenvalue weighted by Crippen LogP contribution is -2.33. The standard InChI is InChI=1S/C11H14F2N2O4S/c1-3-19-9(16)6-15(2)20(17,18)8-5-4-7(12)11(14)10(8)13/h4-5H,3,6,14H2,1-2H3. The van der Waals surface area contributed by atoms with Gasteiger partial charge in [0, 0.05) is 7.05 Å². The number of halogens is 2. The van der Waals surface area contributed by atoms with Gasteiger partial charge in [-0.05, 0) is 19.1 Å². The molecule has 1 rings (SSSR count). The number of carbonyl (C=O) groups excluding carboxylic acids is 1. The lowest BCUT2D eigenvalue weighted by Gasteiger charge is -2.17. The first kappa shape index (κ1) is 16.3. The van der Waals surface area contributed by atoms with Gasteiger partial charge in [-0.15, -0.1) is 0 Å². The van der Waals surface area contributed by atoms with Crippen LogP contribution in [0.5, 0.6) is 0 Å². The number of likely N-dealkylation sites (N-methyl/N-ethyl adjacent to an activating group) is 1. The minimum absolute atomic E-state index is 0.0879. The number of carbonyl (C=O) groups is 1. The van der Waals surface area contributed by atoms with E-state index < -0.39 is 44.8 Å². The Morgan fingerprint density at radius 2 is 2.00 bits per heavy atom. The smallest absolute Gasteiger partial charge is 0.321 e. The highest BCUT2D eigenvalue weighted by Crippen LogP contribution is 2.24. The number of nitrogen functional groups attached to an aromatic ring is 1. The van der Waals surface area contributed by atoms with E-state index in [1.54, 1.807) is 6.92 Å². The van der Waals surface area contributed by atoms with Crippen LogP contribution in [0.25, 0.3) is 0 Å². The predicted octanol–water partition coefficient (Wildman–Crippen LogP) is 0.731. The third kappa shape index (κ3) is 3.23. The molecule has 9 heteroatoms. The van der Waals surface area contributed by atoms with Gasteiger partial charge < -0.3 is 10.5 Å². The maximum absolute atomic E-state index is 13.7. The van der Waals surface area contributed by atoms with Crippen LogP contribution in [-0.2, 0) is 19.6 Å². The van der Waals surface area contributed by atoms with E-state index in [-0.39, 0.29) is 6.61 Å². The summed E-state index contributed by atoms with van der Waals surface area (Å²) in [5.74, 6) is -3.23. The van der Waals surface area contributed by atoms with E-state index >= 15 is 0 Å². The number of benzene rings is 1. The Hall–Kier alpha value is -1.74. The molecule has 0 heterocycles. The fourth-order valence-corrected chi connectivity index (χ4v) is 2.58. The van der Waals surface area contributed by atoms with Crippen molar-refractivity contribution in [2.24, 2.45) is 0 Å². The van der Waals surface area contributed by atoms with Gasteiger partial charge in [-0.2, -0.15) is 4.31 Å². The van der Waals surface area contributed by atoms with Gasteiger partial charge in [0.2, 0.25) is 10.0 Å². The summed E-state index contributed by atoms with van der Waals surface area (Å²) >= 11 is 0. The Bertz CT molecular complexity index is 619. The van der Waals surface area contributed by atoms with Crippen molar-refractivity contribution in [3.05, 3.63) is 23.8 Å². The molecule has 0 fully saturated rings. The molecule has 0 radical (unpaired) electrons. The molecule has 2 N–H and O–H groups in total. The number of esters is 1. The molecular weight excluding hydrogens is 294 g/mol. The maximum Gasteiger partial charge on any atom is 0.321 e. The number of ether oxygens (including phenoxy) is 1. The molecule has 0 amide bonds. The molecule has 0 saturated carbocycles. The molecular formula is C11H14F2N2O4S. The molecule has 0 aliphatic rings. The second-order valence-corrected chi connectivity index (χ2v) is 5.85. The first-order valence-corrected chi connectivity index (χ1v) is 7.01. The van der Waals surface area contributed by atoms with Gasteiger partial charge in [0.15, 0.2) is 5.82 Å². The Balaban J connectivity index is 3.11. The lowest BCUT2D eigenvalue weighted by molar-refractivity contribution is -0.143. The Morgan fingerprint density at radius 3 is 2.55 bits per heavy atom. The zero-order chi connectivity index (χ0) is 15.5. The summed E-state index contributed by atoms with van der Waals surface area (Å²) < 4.78 is 56.0. The first-order valence-electron chi connectivity index (χ1n) is 5.57. The van der Waals surface area contributed by atoms with Gasteiger partial charge in [0.25, 0.3) is 0 Å². The zero-order valence-corrected chi connectivity index (χ0v) is 11.7. The van der Waals surface area contributed by atoms with E-state index in [4.69, 9.17) is 5.73 Å². The predicted molar refractivity (Wildman–Crippen MR) is 67.2 cm³/mol. The summed E-state index contributed by atoms with van der Waals surface area (Å²) in [7, 11) is -3.24. The van der Waals surface area contributed by atoms with Gasteiger partial charge in [0.1, 0.15) is 22.9 Å². The summed E-state index contributed by atoms with van der Waals surface area (Å²) in [5.41, 5.74) is 4.21. The molecule has 0 bridgehead atoms. The average molecular weight is 308 g/mol. The normalized spacial score (nSPS) is 11.7. The maximum atomic E-state index is 13.7. The van der Waals surface area contributed by atoms with Crippen molar-refractivity contribution >= 4 is 21.7 Å². The Kier molecular flexibility index (Phi) is 5.01. The Labute approximate surface area is 115 Å². The van der Waals surface area contributed by atoms with Crippen molar-refractivity contribution in [1.29, 1.82) is 0 Å². The second-order valence-electron chi connectivity index (χ2n) is 3.84. The van der Waals surface area contributed by atoms with E-state index in [9.17, 15) is 22.0 Å². The van der Waals surface area contributed by atoms with Gasteiger partial charge in [-0.3, -0.25) is 4.79 Å². The van der Waals surface area contributed by atoms with Crippen LogP contribution in [0.3, 0.4) is 0 Å². The number of rotatable bonds is 5. The highest BCUT2D eigenvalue weighted by Gasteiger charge is 2.28. The van der Waals surface area contributed by atoms with Crippen molar-refractivity contribution < 1.29 is 26.7 Å². The van der Waals surface area contributed by atoms with Gasteiger partial charge in [-0.1, -0.05) is 0 Å². The van der Waals surface area contributed by atoms with E-state index in [1.807, 2.05) is 0 Å². The second kappa shape index (κ2) is 6.14. The van der Waals surface area contributed by atoms with Crippen molar-refractivity contribution in [3.63, 3.8) is 0 Å². The number of hydrogen-bond acceptors (Lipinski definition) is 5. The van der Waals surface area contributed by atoms with Crippen LogP contribution in [0.2, 0.25) is 0 Å². The summed E-state index contributed by atoms with van der Waals surface area (Å²) in [6.45, 7) is 1.06. The number of sulfonamides is 1. The quantitative estimate of drug-likeness (QED) is 0.640. The Morgan fingerprint density at radius 1 is 1.40 bits per heavy atom. The average Bonchev–Trinajstić information content (AvgIpc) is 2.35. The van der Waals surface area contributed by atoms with Crippen LogP contribution in [-0.4, -0.2) is 38.9 Å². The lowest BCUT2D eigenvalue weighted by atomic mass is 10.3. The molecule has 112 valence electrons. The molecule has 1 aromatic carbocycles. The minimum atomic E-state index is -4.31. The van der Waals surface area contributed by atoms with Crippen molar-refractivity contribution in [2.75, 3.05) is 25.9 Å². The molecule has 0 atom stereocenters. The number of anilines is 1. The molecule has 0 unspecified atom stereocenters. The summed E-state index contributed by atoms with van der Waals surface area (Å²) in [6, 6.07) is 1.49. The summed E-state index contributed by atoms with van der Waals surface area (Å²) in [5, 5.41) is 0. The van der Waals surface area contributed by atoms with E-state index in [0.29, 0.717) is 4.31 Å². The minimum Gasteiger partial charge on any atom is -0.465 e. The molecule has 6 nitrogen and oxygen atoms in total. The van der Waals surface area contributed by atoms with Crippen molar-refractivity contribution in [3.8, 4) is 0 Å². The number of nitrogens with two attached hydrogens (primary N) is 1.